The molecule has 1 aromatic carbocycles. The number of allylic oxidation sites excluding steroid dienone is 1. The van der Waals surface area contributed by atoms with Gasteiger partial charge in [-0.2, -0.15) is 0 Å². The molecule has 38 heavy (non-hydrogen) atoms. The van der Waals surface area contributed by atoms with Gasteiger partial charge in [-0.1, -0.05) is 18.7 Å². The summed E-state index contributed by atoms with van der Waals surface area (Å²) in [4.78, 5) is 7.78. The van der Waals surface area contributed by atoms with Crippen molar-refractivity contribution in [3.05, 3.63) is 53.2 Å². The highest BCUT2D eigenvalue weighted by molar-refractivity contribution is 8.00. The predicted octanol–water partition coefficient (Wildman–Crippen LogP) is 3.61. The molecule has 1 atom stereocenters. The molecule has 12 heteroatoms. The number of furan rings is 1. The third kappa shape index (κ3) is 4.87. The summed E-state index contributed by atoms with van der Waals surface area (Å²) in [5.74, 6) is 3.59. The number of thioether (sulfide) groups is 1. The molecule has 1 saturated heterocycles. The lowest BCUT2D eigenvalue weighted by atomic mass is 10.1. The van der Waals surface area contributed by atoms with Crippen LogP contribution in [0.5, 0.6) is 11.5 Å². The van der Waals surface area contributed by atoms with E-state index in [1.807, 2.05) is 37.4 Å². The van der Waals surface area contributed by atoms with E-state index in [0.717, 1.165) is 52.5 Å². The maximum Gasteiger partial charge on any atom is 0.231 e. The SMILES string of the molecule is CCC1=CN=C2C(=C(N)C1)NC(Sc1cc3c(cc1-c1ccc(C)o1)OCO3)N2CCNS(=O)(=O)C1CC1. The van der Waals surface area contributed by atoms with Crippen molar-refractivity contribution < 1.29 is 22.3 Å². The first kappa shape index (κ1) is 25.2. The van der Waals surface area contributed by atoms with Gasteiger partial charge in [0.15, 0.2) is 22.8 Å². The minimum absolute atomic E-state index is 0.168. The molecule has 2 aromatic rings. The fourth-order valence-electron chi connectivity index (χ4n) is 4.68. The average molecular weight is 558 g/mol. The zero-order valence-electron chi connectivity index (χ0n) is 21.3. The molecule has 0 spiro atoms. The summed E-state index contributed by atoms with van der Waals surface area (Å²) in [5.41, 5.74) is 9.77. The van der Waals surface area contributed by atoms with Crippen LogP contribution in [0.25, 0.3) is 11.3 Å². The zero-order valence-corrected chi connectivity index (χ0v) is 23.0. The highest BCUT2D eigenvalue weighted by Crippen LogP contribution is 2.45. The minimum atomic E-state index is -3.30. The van der Waals surface area contributed by atoms with Gasteiger partial charge in [-0.05, 0) is 56.0 Å². The summed E-state index contributed by atoms with van der Waals surface area (Å²) in [6.07, 6.45) is 4.81. The number of aliphatic imine (C=N–C) groups is 1. The van der Waals surface area contributed by atoms with Crippen molar-refractivity contribution in [1.82, 2.24) is 14.9 Å². The second kappa shape index (κ2) is 9.90. The van der Waals surface area contributed by atoms with Gasteiger partial charge in [0.1, 0.15) is 11.5 Å². The normalized spacial score (nSPS) is 20.7. The molecule has 4 N–H and O–H groups in total. The summed E-state index contributed by atoms with van der Waals surface area (Å²) in [5, 5.41) is 3.29. The van der Waals surface area contributed by atoms with E-state index in [1.54, 1.807) is 11.8 Å². The Morgan fingerprint density at radius 2 is 2.03 bits per heavy atom. The van der Waals surface area contributed by atoms with Crippen LogP contribution in [-0.2, 0) is 10.0 Å². The van der Waals surface area contributed by atoms with Crippen LogP contribution < -0.4 is 25.2 Å². The number of sulfonamides is 1. The van der Waals surface area contributed by atoms with Crippen molar-refractivity contribution in [1.29, 1.82) is 0 Å². The highest BCUT2D eigenvalue weighted by atomic mass is 32.2. The van der Waals surface area contributed by atoms with Crippen molar-refractivity contribution >= 4 is 27.6 Å². The Balaban J connectivity index is 1.33. The minimum Gasteiger partial charge on any atom is -0.461 e. The van der Waals surface area contributed by atoms with Gasteiger partial charge >= 0.3 is 0 Å². The van der Waals surface area contributed by atoms with E-state index in [0.29, 0.717) is 36.0 Å². The molecule has 202 valence electrons. The van der Waals surface area contributed by atoms with Crippen LogP contribution in [-0.4, -0.2) is 49.8 Å². The highest BCUT2D eigenvalue weighted by Gasteiger charge is 2.38. The molecule has 6 rings (SSSR count). The molecule has 0 bridgehead atoms. The smallest absolute Gasteiger partial charge is 0.231 e. The van der Waals surface area contributed by atoms with Crippen LogP contribution in [0.3, 0.4) is 0 Å². The van der Waals surface area contributed by atoms with Gasteiger partial charge in [-0.15, -0.1) is 0 Å². The monoisotopic (exact) mass is 557 g/mol. The van der Waals surface area contributed by atoms with E-state index in [4.69, 9.17) is 24.6 Å². The van der Waals surface area contributed by atoms with Gasteiger partial charge in [0, 0.05) is 41.9 Å². The lowest BCUT2D eigenvalue weighted by molar-refractivity contribution is 0.174. The molecule has 10 nitrogen and oxygen atoms in total. The number of hydrogen-bond donors (Lipinski definition) is 3. The van der Waals surface area contributed by atoms with Gasteiger partial charge in [-0.25, -0.2) is 18.1 Å². The van der Waals surface area contributed by atoms with Crippen LogP contribution in [0.1, 0.15) is 38.4 Å². The number of benzene rings is 1. The lowest BCUT2D eigenvalue weighted by Crippen LogP contribution is -2.41. The van der Waals surface area contributed by atoms with Gasteiger partial charge in [0.05, 0.1) is 10.9 Å². The third-order valence-corrected chi connectivity index (χ3v) is 10.1. The molecule has 1 aromatic heterocycles. The van der Waals surface area contributed by atoms with Crippen molar-refractivity contribution in [3.8, 4) is 22.8 Å². The molecule has 1 unspecified atom stereocenters. The first-order chi connectivity index (χ1) is 18.3. The molecule has 3 aliphatic heterocycles. The number of nitrogens with one attached hydrogen (secondary N) is 2. The van der Waals surface area contributed by atoms with Crippen molar-refractivity contribution in [2.24, 2.45) is 10.7 Å². The maximum atomic E-state index is 12.5. The van der Waals surface area contributed by atoms with Gasteiger partial charge < -0.3 is 29.8 Å². The second-order valence-corrected chi connectivity index (χ2v) is 12.9. The summed E-state index contributed by atoms with van der Waals surface area (Å²) < 4.78 is 45.0. The van der Waals surface area contributed by atoms with Crippen LogP contribution in [0.15, 0.2) is 61.7 Å². The quantitative estimate of drug-likeness (QED) is 0.423. The van der Waals surface area contributed by atoms with Gasteiger partial charge in [0.25, 0.3) is 0 Å². The molecular formula is C26H31N5O5S2. The van der Waals surface area contributed by atoms with Crippen LogP contribution >= 0.6 is 11.8 Å². The third-order valence-electron chi connectivity index (χ3n) is 6.95. The molecule has 1 aliphatic carbocycles. The van der Waals surface area contributed by atoms with Crippen LogP contribution in [0.2, 0.25) is 0 Å². The van der Waals surface area contributed by atoms with E-state index in [1.165, 1.54) is 0 Å². The second-order valence-electron chi connectivity index (χ2n) is 9.73. The van der Waals surface area contributed by atoms with E-state index in [-0.39, 0.29) is 24.1 Å². The Kier molecular flexibility index (Phi) is 6.57. The number of hydrogen-bond acceptors (Lipinski definition) is 10. The number of fused-ring (bicyclic) bond motifs is 2. The molecule has 1 saturated carbocycles. The first-order valence-corrected chi connectivity index (χ1v) is 15.2. The van der Waals surface area contributed by atoms with Crippen molar-refractivity contribution in [2.45, 2.75) is 55.2 Å². The van der Waals surface area contributed by atoms with E-state index < -0.39 is 10.0 Å². The molecule has 4 heterocycles. The number of amidine groups is 1. The Morgan fingerprint density at radius 3 is 2.74 bits per heavy atom. The number of nitrogens with two attached hydrogens (primary N) is 1. The fraction of sp³-hybridized carbons (Fsp3) is 0.423. The number of aryl methyl sites for hydroxylation is 1. The van der Waals surface area contributed by atoms with E-state index in [2.05, 4.69) is 21.9 Å². The summed E-state index contributed by atoms with van der Waals surface area (Å²) in [7, 11) is -3.30. The molecular weight excluding hydrogens is 526 g/mol. The van der Waals surface area contributed by atoms with Crippen LogP contribution in [0.4, 0.5) is 0 Å². The Bertz CT molecular complexity index is 1460. The molecule has 2 fully saturated rings. The first-order valence-electron chi connectivity index (χ1n) is 12.8. The summed E-state index contributed by atoms with van der Waals surface area (Å²) >= 11 is 1.56. The van der Waals surface area contributed by atoms with Crippen molar-refractivity contribution in [3.63, 3.8) is 0 Å². The zero-order chi connectivity index (χ0) is 26.4. The Morgan fingerprint density at radius 1 is 1.24 bits per heavy atom. The molecule has 0 radical (unpaired) electrons. The maximum absolute atomic E-state index is 12.5. The lowest BCUT2D eigenvalue weighted by Gasteiger charge is -2.26. The summed E-state index contributed by atoms with van der Waals surface area (Å²) in [6.45, 7) is 4.84. The van der Waals surface area contributed by atoms with E-state index >= 15 is 0 Å². The topological polar surface area (TPSA) is 131 Å². The average Bonchev–Trinajstić information content (AvgIpc) is 3.44. The summed E-state index contributed by atoms with van der Waals surface area (Å²) in [6, 6.07) is 7.76. The van der Waals surface area contributed by atoms with Gasteiger partial charge in [-0.3, -0.25) is 0 Å². The fourth-order valence-corrected chi connectivity index (χ4v) is 7.26. The molecule has 4 aliphatic rings. The molecule has 0 amide bonds. The Labute approximate surface area is 226 Å². The Hall–Kier alpha value is -3.09. The number of rotatable bonds is 9. The van der Waals surface area contributed by atoms with E-state index in [9.17, 15) is 8.42 Å². The van der Waals surface area contributed by atoms with Crippen LogP contribution in [0, 0.1) is 6.92 Å². The largest absolute Gasteiger partial charge is 0.461 e. The van der Waals surface area contributed by atoms with Gasteiger partial charge in [0.2, 0.25) is 16.8 Å². The van der Waals surface area contributed by atoms with Crippen molar-refractivity contribution in [2.75, 3.05) is 19.9 Å². The number of ether oxygens (including phenoxy) is 2. The standard InChI is InChI=1S/C26H31N5O5S2/c1-3-16-10-19(27)24-25(28-13-16)31(9-8-29-38(32,33)17-5-6-17)26(30-24)37-23-12-22-21(34-14-35-22)11-18(23)20-7-4-15(2)36-20/h4,7,11-13,17,26,29-30H,3,5-6,8-10,14,27H2,1-2H3. The predicted molar refractivity (Wildman–Crippen MR) is 146 cm³/mol. The number of nitrogens with zero attached hydrogens (tertiary/aromatic N) is 2.